The van der Waals surface area contributed by atoms with E-state index in [0.717, 1.165) is 32.1 Å². The number of esters is 1. The minimum absolute atomic E-state index is 0.140. The Labute approximate surface area is 237 Å². The number of amides is 2. The normalized spacial score (nSPS) is 10.8. The summed E-state index contributed by atoms with van der Waals surface area (Å²) in [5.74, 6) is 0.189. The molecule has 2 aromatic carbocycles. The Balaban J connectivity index is 1.76. The third-order valence-electron chi connectivity index (χ3n) is 6.10. The summed E-state index contributed by atoms with van der Waals surface area (Å²) in [6.45, 7) is 4.77. The number of methoxy groups -OCH3 is 1. The smallest absolute Gasteiger partial charge is 0.343 e. The predicted molar refractivity (Wildman–Crippen MR) is 156 cm³/mol. The van der Waals surface area contributed by atoms with Crippen molar-refractivity contribution in [1.29, 1.82) is 0 Å². The molecule has 40 heavy (non-hydrogen) atoms. The number of nitrogens with one attached hydrogen (secondary N) is 2. The molecule has 2 amide bonds. The number of hydrogen-bond acceptors (Lipinski definition) is 7. The molecular formula is C31H43N3O6. The molecule has 0 bridgehead atoms. The quantitative estimate of drug-likeness (QED) is 0.0747. The highest BCUT2D eigenvalue weighted by Crippen LogP contribution is 2.28. The van der Waals surface area contributed by atoms with Gasteiger partial charge < -0.3 is 19.5 Å². The first-order valence-electron chi connectivity index (χ1n) is 14.2. The van der Waals surface area contributed by atoms with Crippen LogP contribution in [0.2, 0.25) is 0 Å². The van der Waals surface area contributed by atoms with E-state index < -0.39 is 11.9 Å². The average Bonchev–Trinajstić information content (AvgIpc) is 2.96. The number of ether oxygens (including phenoxy) is 3. The van der Waals surface area contributed by atoms with Gasteiger partial charge in [-0.1, -0.05) is 58.8 Å². The van der Waals surface area contributed by atoms with Crippen LogP contribution in [0.5, 0.6) is 17.2 Å². The van der Waals surface area contributed by atoms with Crippen LogP contribution in [0, 0.1) is 0 Å². The summed E-state index contributed by atoms with van der Waals surface area (Å²) in [7, 11) is 1.47. The maximum Gasteiger partial charge on any atom is 0.343 e. The van der Waals surface area contributed by atoms with Crippen LogP contribution in [0.15, 0.2) is 47.6 Å². The van der Waals surface area contributed by atoms with Gasteiger partial charge in [0.25, 0.3) is 5.91 Å². The summed E-state index contributed by atoms with van der Waals surface area (Å²) in [6, 6.07) is 11.7. The number of benzene rings is 2. The standard InChI is InChI=1S/C31H43N3O6/c1-4-6-8-9-10-11-12-13-29(35)32-23-30(36)34-33-22-24-14-19-27(28(21-24)38-3)40-31(37)25-15-17-26(18-16-25)39-20-7-5-2/h14-19,21-22H,4-13,20,23H2,1-3H3,(H,32,35)(H,34,36). The third kappa shape index (κ3) is 12.8. The molecule has 0 aromatic heterocycles. The molecule has 9 heteroatoms. The Morgan fingerprint density at radius 3 is 2.23 bits per heavy atom. The maximum absolute atomic E-state index is 12.6. The van der Waals surface area contributed by atoms with Crippen LogP contribution < -0.4 is 25.0 Å². The Kier molecular flexibility index (Phi) is 15.5. The van der Waals surface area contributed by atoms with Gasteiger partial charge in [0.15, 0.2) is 11.5 Å². The zero-order valence-corrected chi connectivity index (χ0v) is 24.0. The number of carbonyl (C=O) groups is 3. The number of unbranched alkanes of at least 4 members (excludes halogenated alkanes) is 7. The van der Waals surface area contributed by atoms with Crippen molar-refractivity contribution in [3.05, 3.63) is 53.6 Å². The van der Waals surface area contributed by atoms with Crippen molar-refractivity contribution in [1.82, 2.24) is 10.7 Å². The van der Waals surface area contributed by atoms with Crippen molar-refractivity contribution in [2.24, 2.45) is 5.10 Å². The molecule has 2 rings (SSSR count). The van der Waals surface area contributed by atoms with E-state index in [1.807, 2.05) is 0 Å². The first-order chi connectivity index (χ1) is 19.5. The van der Waals surface area contributed by atoms with Gasteiger partial charge in [-0.25, -0.2) is 10.2 Å². The Morgan fingerprint density at radius 2 is 1.52 bits per heavy atom. The Hall–Kier alpha value is -3.88. The van der Waals surface area contributed by atoms with E-state index in [-0.39, 0.29) is 18.2 Å². The highest BCUT2D eigenvalue weighted by atomic mass is 16.6. The summed E-state index contributed by atoms with van der Waals surface area (Å²) in [5, 5.41) is 6.54. The van der Waals surface area contributed by atoms with Crippen molar-refractivity contribution >= 4 is 24.0 Å². The van der Waals surface area contributed by atoms with Gasteiger partial charge in [0.2, 0.25) is 5.91 Å². The minimum atomic E-state index is -0.527. The SMILES string of the molecule is CCCCCCCCCC(=O)NCC(=O)NN=Cc1ccc(OC(=O)c2ccc(OCCCC)cc2)c(OC)c1. The highest BCUT2D eigenvalue weighted by Gasteiger charge is 2.13. The van der Waals surface area contributed by atoms with Crippen LogP contribution in [0.3, 0.4) is 0 Å². The second-order valence-corrected chi connectivity index (χ2v) is 9.47. The zero-order chi connectivity index (χ0) is 29.0. The molecule has 0 saturated heterocycles. The first kappa shape index (κ1) is 32.3. The number of nitrogens with zero attached hydrogens (tertiary/aromatic N) is 1. The monoisotopic (exact) mass is 553 g/mol. The molecule has 0 aliphatic rings. The van der Waals surface area contributed by atoms with Gasteiger partial charge in [-0.2, -0.15) is 5.10 Å². The second kappa shape index (κ2) is 19.2. The van der Waals surface area contributed by atoms with E-state index in [1.165, 1.54) is 39.0 Å². The number of carbonyl (C=O) groups excluding carboxylic acids is 3. The van der Waals surface area contributed by atoms with Gasteiger partial charge in [0, 0.05) is 6.42 Å². The van der Waals surface area contributed by atoms with Crippen molar-refractivity contribution in [2.75, 3.05) is 20.3 Å². The van der Waals surface area contributed by atoms with Gasteiger partial charge in [-0.05, 0) is 60.9 Å². The molecule has 0 unspecified atom stereocenters. The molecule has 0 aliphatic carbocycles. The Bertz CT molecular complexity index is 1080. The van der Waals surface area contributed by atoms with Crippen LogP contribution >= 0.6 is 0 Å². The lowest BCUT2D eigenvalue weighted by Gasteiger charge is -2.10. The lowest BCUT2D eigenvalue weighted by molar-refractivity contribution is -0.126. The van der Waals surface area contributed by atoms with Crippen LogP contribution in [0.1, 0.15) is 94.0 Å². The van der Waals surface area contributed by atoms with Crippen molar-refractivity contribution in [3.63, 3.8) is 0 Å². The van der Waals surface area contributed by atoms with Crippen molar-refractivity contribution in [3.8, 4) is 17.2 Å². The molecule has 0 saturated carbocycles. The second-order valence-electron chi connectivity index (χ2n) is 9.47. The van der Waals surface area contributed by atoms with Crippen LogP contribution in [0.25, 0.3) is 0 Å². The topological polar surface area (TPSA) is 115 Å². The fraction of sp³-hybridized carbons (Fsp3) is 0.484. The number of rotatable bonds is 19. The molecule has 0 heterocycles. The van der Waals surface area contributed by atoms with E-state index >= 15 is 0 Å². The van der Waals surface area contributed by atoms with E-state index in [2.05, 4.69) is 29.7 Å². The fourth-order valence-electron chi connectivity index (χ4n) is 3.76. The molecule has 0 fully saturated rings. The molecule has 218 valence electrons. The van der Waals surface area contributed by atoms with Gasteiger partial charge >= 0.3 is 5.97 Å². The summed E-state index contributed by atoms with van der Waals surface area (Å²) < 4.78 is 16.5. The molecule has 0 atom stereocenters. The third-order valence-corrected chi connectivity index (χ3v) is 6.10. The highest BCUT2D eigenvalue weighted by molar-refractivity contribution is 5.92. The molecule has 0 radical (unpaired) electrons. The van der Waals surface area contributed by atoms with E-state index in [1.54, 1.807) is 42.5 Å². The molecule has 9 nitrogen and oxygen atoms in total. The van der Waals surface area contributed by atoms with E-state index in [9.17, 15) is 14.4 Å². The minimum Gasteiger partial charge on any atom is -0.494 e. The van der Waals surface area contributed by atoms with E-state index in [4.69, 9.17) is 14.2 Å². The summed E-state index contributed by atoms with van der Waals surface area (Å²) in [6.07, 6.45) is 11.8. The van der Waals surface area contributed by atoms with Gasteiger partial charge in [0.05, 0.1) is 32.0 Å². The van der Waals surface area contributed by atoms with E-state index in [0.29, 0.717) is 35.7 Å². The van der Waals surface area contributed by atoms with Gasteiger partial charge in [0.1, 0.15) is 5.75 Å². The zero-order valence-electron chi connectivity index (χ0n) is 24.0. The first-order valence-corrected chi connectivity index (χ1v) is 14.2. The molecular weight excluding hydrogens is 510 g/mol. The molecule has 2 aromatic rings. The fourth-order valence-corrected chi connectivity index (χ4v) is 3.76. The predicted octanol–water partition coefficient (Wildman–Crippen LogP) is 5.80. The summed E-state index contributed by atoms with van der Waals surface area (Å²) in [5.41, 5.74) is 3.39. The molecule has 0 aliphatic heterocycles. The van der Waals surface area contributed by atoms with Crippen molar-refractivity contribution < 1.29 is 28.6 Å². The molecule has 2 N–H and O–H groups in total. The van der Waals surface area contributed by atoms with Crippen LogP contribution in [-0.2, 0) is 9.59 Å². The number of hydrazone groups is 1. The lowest BCUT2D eigenvalue weighted by Crippen LogP contribution is -2.34. The van der Waals surface area contributed by atoms with Gasteiger partial charge in [-0.15, -0.1) is 0 Å². The summed E-state index contributed by atoms with van der Waals surface area (Å²) >= 11 is 0. The van der Waals surface area contributed by atoms with Crippen molar-refractivity contribution in [2.45, 2.75) is 78.1 Å². The lowest BCUT2D eigenvalue weighted by atomic mass is 10.1. The average molecular weight is 554 g/mol. The van der Waals surface area contributed by atoms with Crippen LogP contribution in [0.4, 0.5) is 0 Å². The van der Waals surface area contributed by atoms with Crippen LogP contribution in [-0.4, -0.2) is 44.3 Å². The Morgan fingerprint density at radius 1 is 0.825 bits per heavy atom. The summed E-state index contributed by atoms with van der Waals surface area (Å²) in [4.78, 5) is 36.5. The van der Waals surface area contributed by atoms with Gasteiger partial charge in [-0.3, -0.25) is 9.59 Å². The molecule has 0 spiro atoms. The maximum atomic E-state index is 12.6. The largest absolute Gasteiger partial charge is 0.494 e. The number of hydrogen-bond donors (Lipinski definition) is 2.